The molecule has 0 aliphatic heterocycles. The normalized spacial score (nSPS) is 12.3. The summed E-state index contributed by atoms with van der Waals surface area (Å²) in [6.07, 6.45) is 0. The van der Waals surface area contributed by atoms with Crippen LogP contribution in [0.4, 0.5) is 0 Å². The Hall–Kier alpha value is 1.59. The molecule has 0 aliphatic rings. The van der Waals surface area contributed by atoms with E-state index in [1.54, 1.807) is 0 Å². The van der Waals surface area contributed by atoms with Crippen LogP contribution in [0.1, 0.15) is 0 Å². The van der Waals surface area contributed by atoms with E-state index < -0.39 is 11.1 Å². The van der Waals surface area contributed by atoms with Crippen molar-refractivity contribution >= 4 is 27.0 Å². The van der Waals surface area contributed by atoms with E-state index in [9.17, 15) is 8.76 Å². The third-order valence-electron chi connectivity index (χ3n) is 0.244. The topological polar surface area (TPSA) is 40.1 Å². The van der Waals surface area contributed by atoms with Crippen molar-refractivity contribution in [3.05, 3.63) is 0 Å². The second kappa shape index (κ2) is 7.59. The van der Waals surface area contributed by atoms with Crippen molar-refractivity contribution in [1.29, 1.82) is 0 Å². The van der Waals surface area contributed by atoms with E-state index >= 15 is 0 Å². The molecule has 5 heteroatoms. The van der Waals surface area contributed by atoms with Crippen LogP contribution in [-0.2, 0) is 11.1 Å². The predicted octanol–water partition coefficient (Wildman–Crippen LogP) is -2.74. The molecule has 0 aromatic carbocycles. The predicted molar refractivity (Wildman–Crippen MR) is 27.6 cm³/mol. The fraction of sp³-hybridized carbons (Fsp3) is 1.00. The Morgan fingerprint density at radius 1 is 1.71 bits per heavy atom. The summed E-state index contributed by atoms with van der Waals surface area (Å²) < 4.78 is 19.1. The average molecular weight is 195 g/mol. The van der Waals surface area contributed by atoms with Crippen LogP contribution in [0.15, 0.2) is 0 Å². The van der Waals surface area contributed by atoms with Gasteiger partial charge in [0, 0.05) is 11.1 Å². The molecule has 38 valence electrons. The van der Waals surface area contributed by atoms with E-state index in [1.165, 1.54) is 0 Å². The van der Waals surface area contributed by atoms with Crippen molar-refractivity contribution in [2.45, 2.75) is 0 Å². The van der Waals surface area contributed by atoms with Gasteiger partial charge in [0.05, 0.1) is 0 Å². The first-order chi connectivity index (χ1) is 2.77. The molecule has 0 saturated carbocycles. The van der Waals surface area contributed by atoms with Gasteiger partial charge < -0.3 is 4.55 Å². The molecule has 0 heterocycles. The van der Waals surface area contributed by atoms with Crippen LogP contribution in [0.3, 0.4) is 0 Å². The second-order valence-electron chi connectivity index (χ2n) is 0.697. The summed E-state index contributed by atoms with van der Waals surface area (Å²) in [5.74, 6) is 0.208. The van der Waals surface area contributed by atoms with Gasteiger partial charge in [0.15, 0.2) is 0 Å². The first-order valence-electron chi connectivity index (χ1n) is 1.39. The van der Waals surface area contributed by atoms with Gasteiger partial charge >= 0.3 is 29.6 Å². The van der Waals surface area contributed by atoms with Crippen molar-refractivity contribution in [2.75, 3.05) is 11.1 Å². The summed E-state index contributed by atoms with van der Waals surface area (Å²) >= 11 is 1.09. The molecule has 2 nitrogen and oxygen atoms in total. The molecule has 0 aromatic heterocycles. The average Bonchev–Trinajstić information content (AvgIpc) is 1.35. The molecule has 0 spiro atoms. The van der Waals surface area contributed by atoms with Crippen molar-refractivity contribution in [3.8, 4) is 0 Å². The first-order valence-corrected chi connectivity index (χ1v) is 3.75. The van der Waals surface area contributed by atoms with Crippen LogP contribution in [0.25, 0.3) is 0 Å². The first kappa shape index (κ1) is 11.4. The Morgan fingerprint density at radius 3 is 2.14 bits per heavy atom. The molecule has 0 aliphatic carbocycles. The summed E-state index contributed by atoms with van der Waals surface area (Å²) in [7, 11) is 0. The fourth-order valence-corrected chi connectivity index (χ4v) is 0.982. The molecule has 1 atom stereocenters. The minimum absolute atomic E-state index is 0. The van der Waals surface area contributed by atoms with Gasteiger partial charge in [-0.15, -0.1) is 0 Å². The quantitative estimate of drug-likeness (QED) is 0.272. The molecule has 0 saturated heterocycles. The maximum atomic E-state index is 9.57. The zero-order chi connectivity index (χ0) is 4.99. The molecule has 0 rings (SSSR count). The Kier molecular flexibility index (Phi) is 12.4. The molecular weight excluding hydrogens is 191 g/mol. The maximum Gasteiger partial charge on any atom is 1.00 e. The van der Waals surface area contributed by atoms with E-state index in [1.807, 2.05) is 0 Å². The summed E-state index contributed by atoms with van der Waals surface area (Å²) in [6.45, 7) is 0. The Balaban J connectivity index is 0. The van der Waals surface area contributed by atoms with E-state index in [-0.39, 0.29) is 35.3 Å². The van der Waals surface area contributed by atoms with Gasteiger partial charge in [-0.25, -0.2) is 0 Å². The molecule has 0 amide bonds. The Morgan fingerprint density at radius 2 is 2.14 bits per heavy atom. The van der Waals surface area contributed by atoms with Crippen molar-refractivity contribution in [2.24, 2.45) is 0 Å². The van der Waals surface area contributed by atoms with E-state index in [0.717, 1.165) is 0 Å². The minimum Gasteiger partial charge on any atom is -0.772 e. The van der Waals surface area contributed by atoms with Gasteiger partial charge in [0.1, 0.15) is 0 Å². The van der Waals surface area contributed by atoms with E-state index in [0.29, 0.717) is 5.33 Å². The van der Waals surface area contributed by atoms with Crippen molar-refractivity contribution in [3.63, 3.8) is 0 Å². The summed E-state index contributed by atoms with van der Waals surface area (Å²) in [5.41, 5.74) is 0. The Bertz CT molecular complexity index is 59.7. The van der Waals surface area contributed by atoms with Crippen LogP contribution in [0, 0.1) is 0 Å². The minimum atomic E-state index is -1.86. The fourth-order valence-electron chi connectivity index (χ4n) is 0.0630. The molecule has 1 unspecified atom stereocenters. The second-order valence-corrected chi connectivity index (χ2v) is 2.51. The molecule has 0 fully saturated rings. The monoisotopic (exact) mass is 194 g/mol. The molecule has 0 N–H and O–H groups in total. The van der Waals surface area contributed by atoms with Crippen LogP contribution < -0.4 is 29.6 Å². The number of hydrogen-bond acceptors (Lipinski definition) is 2. The molecule has 7 heavy (non-hydrogen) atoms. The smallest absolute Gasteiger partial charge is 0.772 e. The van der Waals surface area contributed by atoms with Gasteiger partial charge in [-0.1, -0.05) is 27.0 Å². The van der Waals surface area contributed by atoms with E-state index in [2.05, 4.69) is 15.9 Å². The number of alkyl halides is 1. The zero-order valence-electron chi connectivity index (χ0n) is 4.02. The van der Waals surface area contributed by atoms with Crippen molar-refractivity contribution in [1.82, 2.24) is 0 Å². The van der Waals surface area contributed by atoms with Gasteiger partial charge in [0.25, 0.3) is 0 Å². The van der Waals surface area contributed by atoms with Crippen LogP contribution >= 0.6 is 15.9 Å². The zero-order valence-corrected chi connectivity index (χ0v) is 8.42. The summed E-state index contributed by atoms with van der Waals surface area (Å²) in [6, 6.07) is 0. The Labute approximate surface area is 75.8 Å². The third kappa shape index (κ3) is 11.3. The number of rotatable bonds is 2. The van der Waals surface area contributed by atoms with E-state index in [4.69, 9.17) is 0 Å². The van der Waals surface area contributed by atoms with Gasteiger partial charge in [-0.2, -0.15) is 0 Å². The van der Waals surface area contributed by atoms with Gasteiger partial charge in [-0.3, -0.25) is 4.21 Å². The van der Waals surface area contributed by atoms with Crippen LogP contribution in [0.5, 0.6) is 0 Å². The van der Waals surface area contributed by atoms with Crippen molar-refractivity contribution < 1.29 is 38.3 Å². The number of halogens is 1. The summed E-state index contributed by atoms with van der Waals surface area (Å²) in [5, 5.41) is 0.531. The molecular formula is C2H4BrNaO2S. The third-order valence-corrected chi connectivity index (χ3v) is 1.70. The van der Waals surface area contributed by atoms with Gasteiger partial charge in [0.2, 0.25) is 0 Å². The van der Waals surface area contributed by atoms with Gasteiger partial charge in [-0.05, 0) is 0 Å². The molecule has 0 aromatic rings. The number of hydrogen-bond donors (Lipinski definition) is 0. The van der Waals surface area contributed by atoms with Crippen LogP contribution in [-0.4, -0.2) is 19.8 Å². The maximum absolute atomic E-state index is 9.57. The standard InChI is InChI=1S/C2H5BrO2S.Na/c3-1-2-6(4)5;/h1-2H2,(H,4,5);/q;+1/p-1. The SMILES string of the molecule is O=S([O-])CCBr.[Na+]. The largest absolute Gasteiger partial charge is 1.00 e. The van der Waals surface area contributed by atoms with Crippen LogP contribution in [0.2, 0.25) is 0 Å². The molecule has 0 radical (unpaired) electrons. The molecule has 0 bridgehead atoms. The summed E-state index contributed by atoms with van der Waals surface area (Å²) in [4.78, 5) is 0.